The Morgan fingerprint density at radius 3 is 1.80 bits per heavy atom. The number of rotatable bonds is 4. The average molecular weight is 350 g/mol. The molecule has 1 aliphatic heterocycles. The molecule has 1 aromatic rings. The molecule has 0 bridgehead atoms. The van der Waals surface area contributed by atoms with Crippen LogP contribution in [0.25, 0.3) is 0 Å². The molecular weight excluding hydrogens is 336 g/mol. The van der Waals surface area contributed by atoms with Crippen LogP contribution in [0.1, 0.15) is 27.7 Å². The van der Waals surface area contributed by atoms with E-state index < -0.39 is 43.1 Å². The van der Waals surface area contributed by atoms with Crippen molar-refractivity contribution in [3.63, 3.8) is 0 Å². The maximum atomic E-state index is 11.4. The van der Waals surface area contributed by atoms with E-state index in [1.165, 1.54) is 0 Å². The van der Waals surface area contributed by atoms with E-state index in [1.807, 2.05) is 0 Å². The van der Waals surface area contributed by atoms with Gasteiger partial charge in [0.05, 0.1) is 32.6 Å². The molecule has 0 saturated heterocycles. The molecule has 25 heavy (non-hydrogen) atoms. The fraction of sp³-hybridized carbons (Fsp3) is 0.385. The number of hydrogen-bond acceptors (Lipinski definition) is 9. The standard InChI is InChI=1S/C13H14N6O6/c1-7(2)12-13(3,4)16(15-14-12)11-9(18(22)23)5-8(17(20)21)6-10(11)19(24)25/h5-6H,1-4H3. The average Bonchev–Trinajstić information content (AvgIpc) is 2.80. The summed E-state index contributed by atoms with van der Waals surface area (Å²) in [5.74, 6) is 0. The third-order valence-electron chi connectivity index (χ3n) is 3.69. The van der Waals surface area contributed by atoms with Gasteiger partial charge < -0.3 is 0 Å². The zero-order chi connectivity index (χ0) is 19.1. The fourth-order valence-corrected chi connectivity index (χ4v) is 2.65. The van der Waals surface area contributed by atoms with Crippen LogP contribution in [0.15, 0.2) is 33.7 Å². The Labute approximate surface area is 140 Å². The molecule has 0 aliphatic carbocycles. The van der Waals surface area contributed by atoms with Crippen molar-refractivity contribution in [3.8, 4) is 0 Å². The first-order valence-electron chi connectivity index (χ1n) is 6.99. The highest BCUT2D eigenvalue weighted by molar-refractivity contribution is 5.79. The number of allylic oxidation sites excluding steroid dienone is 1. The van der Waals surface area contributed by atoms with Crippen LogP contribution >= 0.6 is 0 Å². The van der Waals surface area contributed by atoms with E-state index in [0.29, 0.717) is 17.8 Å². The highest BCUT2D eigenvalue weighted by atomic mass is 16.6. The summed E-state index contributed by atoms with van der Waals surface area (Å²) in [6, 6.07) is 1.35. The quantitative estimate of drug-likeness (QED) is 0.591. The van der Waals surface area contributed by atoms with Crippen molar-refractivity contribution in [1.82, 2.24) is 0 Å². The molecule has 132 valence electrons. The molecule has 2 rings (SSSR count). The molecule has 12 nitrogen and oxygen atoms in total. The molecule has 0 fully saturated rings. The summed E-state index contributed by atoms with van der Waals surface area (Å²) in [4.78, 5) is 31.0. The normalized spacial score (nSPS) is 15.4. The molecule has 1 aromatic carbocycles. The van der Waals surface area contributed by atoms with E-state index in [9.17, 15) is 30.3 Å². The number of non-ortho nitro benzene ring substituents is 1. The highest BCUT2D eigenvalue weighted by Crippen LogP contribution is 2.47. The van der Waals surface area contributed by atoms with Gasteiger partial charge in [0, 0.05) is 0 Å². The molecule has 0 amide bonds. The number of hydrogen-bond donors (Lipinski definition) is 0. The first-order valence-corrected chi connectivity index (χ1v) is 6.99. The van der Waals surface area contributed by atoms with Crippen molar-refractivity contribution >= 4 is 22.7 Å². The number of nitro groups is 3. The molecule has 0 spiro atoms. The molecule has 0 unspecified atom stereocenters. The van der Waals surface area contributed by atoms with Gasteiger partial charge in [-0.3, -0.25) is 30.3 Å². The summed E-state index contributed by atoms with van der Waals surface area (Å²) in [7, 11) is 0. The molecule has 1 aliphatic rings. The van der Waals surface area contributed by atoms with E-state index in [4.69, 9.17) is 0 Å². The molecule has 0 radical (unpaired) electrons. The fourth-order valence-electron chi connectivity index (χ4n) is 2.65. The highest BCUT2D eigenvalue weighted by Gasteiger charge is 2.45. The van der Waals surface area contributed by atoms with Crippen molar-refractivity contribution < 1.29 is 14.8 Å². The lowest BCUT2D eigenvalue weighted by Crippen LogP contribution is -2.38. The Bertz CT molecular complexity index is 820. The van der Waals surface area contributed by atoms with Crippen molar-refractivity contribution in [1.29, 1.82) is 0 Å². The van der Waals surface area contributed by atoms with E-state index in [0.717, 1.165) is 10.6 Å². The van der Waals surface area contributed by atoms with Crippen LogP contribution in [-0.4, -0.2) is 20.3 Å². The second-order valence-corrected chi connectivity index (χ2v) is 6.01. The van der Waals surface area contributed by atoms with E-state index in [1.54, 1.807) is 27.7 Å². The summed E-state index contributed by atoms with van der Waals surface area (Å²) in [5.41, 5.74) is -2.52. The maximum Gasteiger partial charge on any atom is 0.308 e. The molecule has 1 heterocycles. The predicted molar refractivity (Wildman–Crippen MR) is 86.2 cm³/mol. The molecular formula is C13H14N6O6. The van der Waals surface area contributed by atoms with Crippen LogP contribution in [0.3, 0.4) is 0 Å². The Morgan fingerprint density at radius 2 is 1.48 bits per heavy atom. The van der Waals surface area contributed by atoms with Crippen LogP contribution in [0, 0.1) is 30.3 Å². The lowest BCUT2D eigenvalue weighted by molar-refractivity contribution is -0.402. The minimum absolute atomic E-state index is 0.453. The molecule has 0 aromatic heterocycles. The third-order valence-corrected chi connectivity index (χ3v) is 3.69. The van der Waals surface area contributed by atoms with Crippen molar-refractivity contribution in [2.24, 2.45) is 10.3 Å². The lowest BCUT2D eigenvalue weighted by atomic mass is 9.96. The van der Waals surface area contributed by atoms with Gasteiger partial charge in [0.2, 0.25) is 5.69 Å². The minimum Gasteiger partial charge on any atom is -0.258 e. The second-order valence-electron chi connectivity index (χ2n) is 6.01. The van der Waals surface area contributed by atoms with Gasteiger partial charge in [-0.25, -0.2) is 5.01 Å². The van der Waals surface area contributed by atoms with Crippen LogP contribution in [0.4, 0.5) is 22.7 Å². The van der Waals surface area contributed by atoms with E-state index >= 15 is 0 Å². The summed E-state index contributed by atoms with van der Waals surface area (Å²) >= 11 is 0. The van der Waals surface area contributed by atoms with Gasteiger partial charge in [0.25, 0.3) is 5.69 Å². The van der Waals surface area contributed by atoms with Gasteiger partial charge in [-0.05, 0) is 27.7 Å². The topological polar surface area (TPSA) is 157 Å². The predicted octanol–water partition coefficient (Wildman–Crippen LogP) is 3.67. The number of benzene rings is 1. The van der Waals surface area contributed by atoms with E-state index in [-0.39, 0.29) is 0 Å². The number of anilines is 1. The number of nitrogens with zero attached hydrogens (tertiary/aromatic N) is 6. The lowest BCUT2D eigenvalue weighted by Gasteiger charge is -2.29. The first-order chi connectivity index (χ1) is 11.5. The monoisotopic (exact) mass is 350 g/mol. The number of nitro benzene ring substituents is 3. The van der Waals surface area contributed by atoms with Crippen LogP contribution in [-0.2, 0) is 0 Å². The van der Waals surface area contributed by atoms with Crippen molar-refractivity contribution in [2.45, 2.75) is 33.2 Å². The SMILES string of the molecule is CC(C)=C1N=NN(c2c([N+](=O)[O-])cc([N+](=O)[O-])cc2[N+](=O)[O-])C1(C)C. The minimum atomic E-state index is -1.01. The van der Waals surface area contributed by atoms with Crippen LogP contribution in [0.5, 0.6) is 0 Å². The van der Waals surface area contributed by atoms with Gasteiger partial charge in [0.1, 0.15) is 5.54 Å². The van der Waals surface area contributed by atoms with Gasteiger partial charge in [0.15, 0.2) is 0 Å². The van der Waals surface area contributed by atoms with Crippen LogP contribution in [0.2, 0.25) is 0 Å². The zero-order valence-corrected chi connectivity index (χ0v) is 13.8. The second kappa shape index (κ2) is 5.89. The summed E-state index contributed by atoms with van der Waals surface area (Å²) in [5, 5.41) is 42.6. The third kappa shape index (κ3) is 2.88. The van der Waals surface area contributed by atoms with Crippen molar-refractivity contribution in [2.75, 3.05) is 5.01 Å². The summed E-state index contributed by atoms with van der Waals surface area (Å²) < 4.78 is 0. The molecule has 12 heteroatoms. The van der Waals surface area contributed by atoms with Crippen molar-refractivity contribution in [3.05, 3.63) is 53.7 Å². The Kier molecular flexibility index (Phi) is 4.22. The van der Waals surface area contributed by atoms with E-state index in [2.05, 4.69) is 10.3 Å². The Balaban J connectivity index is 2.84. The Hall–Kier alpha value is -3.44. The molecule has 0 N–H and O–H groups in total. The van der Waals surface area contributed by atoms with Gasteiger partial charge in [-0.2, -0.15) is 0 Å². The largest absolute Gasteiger partial charge is 0.308 e. The maximum absolute atomic E-state index is 11.4. The van der Waals surface area contributed by atoms with Crippen LogP contribution < -0.4 is 5.01 Å². The molecule has 0 saturated carbocycles. The summed E-state index contributed by atoms with van der Waals surface area (Å²) in [6.45, 7) is 6.81. The zero-order valence-electron chi connectivity index (χ0n) is 13.8. The summed E-state index contributed by atoms with van der Waals surface area (Å²) in [6.07, 6.45) is 0. The first kappa shape index (κ1) is 17.9. The smallest absolute Gasteiger partial charge is 0.258 e. The van der Waals surface area contributed by atoms with Gasteiger partial charge >= 0.3 is 11.4 Å². The molecule has 0 atom stereocenters. The van der Waals surface area contributed by atoms with Gasteiger partial charge in [-0.1, -0.05) is 10.8 Å². The Morgan fingerprint density at radius 1 is 1.00 bits per heavy atom. The van der Waals surface area contributed by atoms with Gasteiger partial charge in [-0.15, -0.1) is 5.11 Å².